The van der Waals surface area contributed by atoms with Gasteiger partial charge < -0.3 is 14.2 Å². The molecule has 0 saturated heterocycles. The largest absolute Gasteiger partial charge is 0.462 e. The van der Waals surface area contributed by atoms with Crippen LogP contribution in [0.3, 0.4) is 0 Å². The van der Waals surface area contributed by atoms with Crippen LogP contribution in [0.1, 0.15) is 168 Å². The number of carbonyl (C=O) groups excluding carboxylic acids is 3. The van der Waals surface area contributed by atoms with E-state index in [0.29, 0.717) is 19.3 Å². The molecule has 0 aromatic rings. The minimum atomic E-state index is -0.827. The highest BCUT2D eigenvalue weighted by Crippen LogP contribution is 2.10. The van der Waals surface area contributed by atoms with Gasteiger partial charge in [-0.25, -0.2) is 0 Å². The summed E-state index contributed by atoms with van der Waals surface area (Å²) in [6.07, 6.45) is 58.0. The Morgan fingerprint density at radius 2 is 0.768 bits per heavy atom. The Morgan fingerprint density at radius 3 is 1.21 bits per heavy atom. The van der Waals surface area contributed by atoms with E-state index in [4.69, 9.17) is 14.2 Å². The second kappa shape index (κ2) is 43.8. The Labute approximate surface area is 342 Å². The van der Waals surface area contributed by atoms with Crippen LogP contribution in [0, 0.1) is 0 Å². The van der Waals surface area contributed by atoms with Gasteiger partial charge in [0.25, 0.3) is 0 Å². The molecule has 1 atom stereocenters. The summed E-state index contributed by atoms with van der Waals surface area (Å²) in [5.74, 6) is -1.05. The van der Waals surface area contributed by atoms with Crippen LogP contribution >= 0.6 is 0 Å². The van der Waals surface area contributed by atoms with Crippen LogP contribution in [0.5, 0.6) is 0 Å². The average molecular weight is 775 g/mol. The van der Waals surface area contributed by atoms with Crippen LogP contribution in [0.15, 0.2) is 109 Å². The van der Waals surface area contributed by atoms with E-state index >= 15 is 0 Å². The molecule has 0 heterocycles. The zero-order chi connectivity index (χ0) is 40.8. The Bertz CT molecular complexity index is 1210. The minimum Gasteiger partial charge on any atom is -0.462 e. The van der Waals surface area contributed by atoms with E-state index in [1.54, 1.807) is 0 Å². The van der Waals surface area contributed by atoms with Crippen LogP contribution in [-0.4, -0.2) is 37.2 Å². The molecule has 0 bridgehead atoms. The number of unbranched alkanes of at least 4 members (excludes halogenated alkanes) is 9. The molecule has 56 heavy (non-hydrogen) atoms. The molecule has 0 aliphatic carbocycles. The molecule has 0 rings (SSSR count). The highest BCUT2D eigenvalue weighted by Gasteiger charge is 2.19. The molecular formula is C50H78O6. The van der Waals surface area contributed by atoms with Gasteiger partial charge in [0.1, 0.15) is 13.2 Å². The average Bonchev–Trinajstić information content (AvgIpc) is 3.19. The van der Waals surface area contributed by atoms with Crippen molar-refractivity contribution in [1.82, 2.24) is 0 Å². The van der Waals surface area contributed by atoms with Crippen molar-refractivity contribution in [1.29, 1.82) is 0 Å². The molecule has 0 radical (unpaired) electrons. The molecule has 0 aromatic carbocycles. The van der Waals surface area contributed by atoms with Crippen molar-refractivity contribution >= 4 is 17.9 Å². The van der Waals surface area contributed by atoms with Crippen molar-refractivity contribution < 1.29 is 28.6 Å². The summed E-state index contributed by atoms with van der Waals surface area (Å²) in [6, 6.07) is 0. The number of allylic oxidation sites excluding steroid dienone is 18. The van der Waals surface area contributed by atoms with Crippen LogP contribution in [-0.2, 0) is 28.6 Å². The predicted molar refractivity (Wildman–Crippen MR) is 237 cm³/mol. The molecule has 0 N–H and O–H groups in total. The molecule has 314 valence electrons. The predicted octanol–water partition coefficient (Wildman–Crippen LogP) is 14.0. The van der Waals surface area contributed by atoms with E-state index in [2.05, 4.69) is 130 Å². The van der Waals surface area contributed by atoms with Crippen molar-refractivity contribution in [2.75, 3.05) is 13.2 Å². The van der Waals surface area contributed by atoms with Gasteiger partial charge in [-0.2, -0.15) is 0 Å². The lowest BCUT2D eigenvalue weighted by molar-refractivity contribution is -0.167. The molecule has 6 nitrogen and oxygen atoms in total. The van der Waals surface area contributed by atoms with Crippen LogP contribution < -0.4 is 0 Å². The first kappa shape index (κ1) is 52.1. The van der Waals surface area contributed by atoms with Crippen molar-refractivity contribution in [3.63, 3.8) is 0 Å². The van der Waals surface area contributed by atoms with Gasteiger partial charge in [-0.05, 0) is 103 Å². The third-order valence-corrected chi connectivity index (χ3v) is 8.52. The topological polar surface area (TPSA) is 78.9 Å². The van der Waals surface area contributed by atoms with Crippen LogP contribution in [0.4, 0.5) is 0 Å². The number of hydrogen-bond acceptors (Lipinski definition) is 6. The first-order chi connectivity index (χ1) is 27.5. The van der Waals surface area contributed by atoms with E-state index in [0.717, 1.165) is 109 Å². The van der Waals surface area contributed by atoms with Gasteiger partial charge in [0, 0.05) is 19.3 Å². The summed E-state index contributed by atoms with van der Waals surface area (Å²) < 4.78 is 16.6. The zero-order valence-electron chi connectivity index (χ0n) is 35.6. The Balaban J connectivity index is 4.55. The molecule has 1 unspecified atom stereocenters. The van der Waals surface area contributed by atoms with Gasteiger partial charge in [0.2, 0.25) is 0 Å². The quantitative estimate of drug-likeness (QED) is 0.0206. The van der Waals surface area contributed by atoms with E-state index in [1.807, 2.05) is 0 Å². The van der Waals surface area contributed by atoms with Crippen molar-refractivity contribution in [2.45, 2.75) is 175 Å². The monoisotopic (exact) mass is 775 g/mol. The van der Waals surface area contributed by atoms with Crippen molar-refractivity contribution in [3.8, 4) is 0 Å². The summed E-state index contributed by atoms with van der Waals surface area (Å²) in [6.45, 7) is 6.21. The van der Waals surface area contributed by atoms with Crippen LogP contribution in [0.25, 0.3) is 0 Å². The Hall–Kier alpha value is -3.93. The van der Waals surface area contributed by atoms with E-state index in [9.17, 15) is 14.4 Å². The summed E-state index contributed by atoms with van der Waals surface area (Å²) in [4.78, 5) is 37.6. The zero-order valence-corrected chi connectivity index (χ0v) is 35.6. The molecule has 0 saturated carbocycles. The van der Waals surface area contributed by atoms with Gasteiger partial charge in [0.15, 0.2) is 6.10 Å². The maximum absolute atomic E-state index is 12.7. The highest BCUT2D eigenvalue weighted by atomic mass is 16.6. The van der Waals surface area contributed by atoms with Gasteiger partial charge in [-0.3, -0.25) is 14.4 Å². The minimum absolute atomic E-state index is 0.125. The second-order valence-corrected chi connectivity index (χ2v) is 13.9. The van der Waals surface area contributed by atoms with E-state index < -0.39 is 6.10 Å². The summed E-state index contributed by atoms with van der Waals surface area (Å²) in [5.41, 5.74) is 0. The third kappa shape index (κ3) is 41.2. The smallest absolute Gasteiger partial charge is 0.306 e. The molecule has 0 spiro atoms. The van der Waals surface area contributed by atoms with Crippen molar-refractivity contribution in [2.24, 2.45) is 0 Å². The van der Waals surface area contributed by atoms with Crippen LogP contribution in [0.2, 0.25) is 0 Å². The van der Waals surface area contributed by atoms with Crippen molar-refractivity contribution in [3.05, 3.63) is 109 Å². The summed E-state index contributed by atoms with van der Waals surface area (Å²) >= 11 is 0. The summed E-state index contributed by atoms with van der Waals surface area (Å²) in [7, 11) is 0. The van der Waals surface area contributed by atoms with Gasteiger partial charge in [-0.1, -0.05) is 156 Å². The lowest BCUT2D eigenvalue weighted by Gasteiger charge is -2.18. The fraction of sp³-hybridized carbons (Fsp3) is 0.580. The third-order valence-electron chi connectivity index (χ3n) is 8.52. The standard InChI is InChI=1S/C50H78O6/c1-4-7-10-13-16-19-22-23-24-25-26-29-31-34-37-40-43-49(52)55-46-47(56-50(53)44-41-38-35-32-28-21-18-15-12-9-6-3)45-54-48(51)42-39-36-33-30-27-20-17-14-11-8-5-2/h7,9-10,12,14,16-21,23-24,26-27,29,32,35,47H,4-6,8,11,13,15,22,25,28,30-31,33-34,36-46H2,1-3H3/b10-7-,12-9-,17-14-,19-16-,21-18-,24-23-,27-20-,29-26-,35-32-. The Morgan fingerprint density at radius 1 is 0.393 bits per heavy atom. The number of ether oxygens (including phenoxy) is 3. The van der Waals surface area contributed by atoms with Gasteiger partial charge >= 0.3 is 17.9 Å². The maximum Gasteiger partial charge on any atom is 0.306 e. The second-order valence-electron chi connectivity index (χ2n) is 13.9. The molecular weight excluding hydrogens is 697 g/mol. The summed E-state index contributed by atoms with van der Waals surface area (Å²) in [5, 5.41) is 0. The normalized spacial score (nSPS) is 13.1. The fourth-order valence-corrected chi connectivity index (χ4v) is 5.25. The number of rotatable bonds is 37. The lowest BCUT2D eigenvalue weighted by atomic mass is 10.1. The first-order valence-corrected chi connectivity index (χ1v) is 21.9. The Kier molecular flexibility index (Phi) is 40.7. The van der Waals surface area contributed by atoms with Gasteiger partial charge in [-0.15, -0.1) is 0 Å². The fourth-order valence-electron chi connectivity index (χ4n) is 5.25. The molecule has 0 amide bonds. The molecule has 0 fully saturated rings. The number of hydrogen-bond donors (Lipinski definition) is 0. The number of esters is 3. The number of carbonyl (C=O) groups is 3. The highest BCUT2D eigenvalue weighted by molar-refractivity contribution is 5.71. The molecule has 6 heteroatoms. The van der Waals surface area contributed by atoms with Gasteiger partial charge in [0.05, 0.1) is 0 Å². The molecule has 0 aliphatic heterocycles. The van der Waals surface area contributed by atoms with E-state index in [-0.39, 0.29) is 37.5 Å². The molecule has 0 aromatic heterocycles. The first-order valence-electron chi connectivity index (χ1n) is 21.9. The van der Waals surface area contributed by atoms with E-state index in [1.165, 1.54) is 12.8 Å². The lowest BCUT2D eigenvalue weighted by Crippen LogP contribution is -2.30. The maximum atomic E-state index is 12.7. The molecule has 0 aliphatic rings. The SMILES string of the molecule is CC/C=C\C/C=C\C/C=C\C/C=C\CCCCCC(=O)OCC(COC(=O)CCCCC/C=C\C=C/CCCC)OC(=O)CCC/C=C\C/C=C\C/C=C\CC.